The second-order valence-electron chi connectivity index (χ2n) is 2.11. The second-order valence-corrected chi connectivity index (χ2v) is 2.78. The Morgan fingerprint density at radius 3 is 2.85 bits per heavy atom. The van der Waals surface area contributed by atoms with Crippen LogP contribution in [0.5, 0.6) is 0 Å². The molecule has 0 fully saturated rings. The van der Waals surface area contributed by atoms with Crippen LogP contribution in [-0.4, -0.2) is 8.76 Å². The summed E-state index contributed by atoms with van der Waals surface area (Å²) in [4.78, 5) is 0. The standard InChI is InChI=1S/C7H5FN2O2S/c8-6-2-1-3-7(5(6)4-9)10-13(11)12/h1-3,10H,(H,11,12)/p-1. The molecule has 0 aliphatic heterocycles. The molecule has 0 saturated heterocycles. The highest BCUT2D eigenvalue weighted by Crippen LogP contribution is 2.17. The fraction of sp³-hybridized carbons (Fsp3) is 0. The summed E-state index contributed by atoms with van der Waals surface area (Å²) in [6.07, 6.45) is 0. The van der Waals surface area contributed by atoms with Crippen LogP contribution in [0.2, 0.25) is 0 Å². The summed E-state index contributed by atoms with van der Waals surface area (Å²) in [5, 5.41) is 8.48. The van der Waals surface area contributed by atoms with Gasteiger partial charge in [0.05, 0.1) is 5.69 Å². The van der Waals surface area contributed by atoms with Crippen molar-refractivity contribution >= 4 is 17.0 Å². The largest absolute Gasteiger partial charge is 0.755 e. The van der Waals surface area contributed by atoms with Crippen LogP contribution in [0.15, 0.2) is 18.2 Å². The molecule has 1 aromatic carbocycles. The summed E-state index contributed by atoms with van der Waals surface area (Å²) < 4.78 is 35.2. The lowest BCUT2D eigenvalue weighted by atomic mass is 10.2. The molecule has 1 N–H and O–H groups in total. The predicted molar refractivity (Wildman–Crippen MR) is 43.7 cm³/mol. The number of benzene rings is 1. The number of rotatable bonds is 2. The van der Waals surface area contributed by atoms with Gasteiger partial charge in [-0.25, -0.2) is 4.39 Å². The smallest absolute Gasteiger partial charge is 0.143 e. The highest BCUT2D eigenvalue weighted by Gasteiger charge is 2.06. The van der Waals surface area contributed by atoms with E-state index in [2.05, 4.69) is 0 Å². The molecule has 0 spiro atoms. The van der Waals surface area contributed by atoms with Crippen molar-refractivity contribution < 1.29 is 13.2 Å². The molecule has 0 saturated carbocycles. The van der Waals surface area contributed by atoms with Crippen LogP contribution in [0, 0.1) is 17.1 Å². The Bertz CT molecular complexity index is 389. The summed E-state index contributed by atoms with van der Waals surface area (Å²) in [5.41, 5.74) is -0.373. The Morgan fingerprint density at radius 2 is 2.31 bits per heavy atom. The van der Waals surface area contributed by atoms with Gasteiger partial charge >= 0.3 is 0 Å². The van der Waals surface area contributed by atoms with Gasteiger partial charge in [0.1, 0.15) is 17.4 Å². The molecule has 1 rings (SSSR count). The monoisotopic (exact) mass is 199 g/mol. The molecule has 6 heteroatoms. The first kappa shape index (κ1) is 9.64. The number of nitrogens with zero attached hydrogens (tertiary/aromatic N) is 1. The van der Waals surface area contributed by atoms with E-state index in [4.69, 9.17) is 5.26 Å². The normalized spacial score (nSPS) is 11.8. The van der Waals surface area contributed by atoms with Gasteiger partial charge in [0, 0.05) is 11.3 Å². The molecule has 1 unspecified atom stereocenters. The first-order valence-electron chi connectivity index (χ1n) is 3.19. The SMILES string of the molecule is N#Cc1c(F)cccc1NS(=O)[O-]. The second kappa shape index (κ2) is 3.98. The van der Waals surface area contributed by atoms with E-state index in [1.54, 1.807) is 6.07 Å². The number of hydrogen-bond donors (Lipinski definition) is 1. The van der Waals surface area contributed by atoms with Crippen molar-refractivity contribution in [1.82, 2.24) is 0 Å². The van der Waals surface area contributed by atoms with Crippen molar-refractivity contribution in [2.24, 2.45) is 0 Å². The Balaban J connectivity index is 3.14. The Kier molecular flexibility index (Phi) is 2.95. The molecule has 0 heterocycles. The number of nitrogens with one attached hydrogen (secondary N) is 1. The van der Waals surface area contributed by atoms with Crippen LogP contribution in [0.3, 0.4) is 0 Å². The summed E-state index contributed by atoms with van der Waals surface area (Å²) in [6.45, 7) is 0. The molecule has 13 heavy (non-hydrogen) atoms. The Morgan fingerprint density at radius 1 is 1.62 bits per heavy atom. The van der Waals surface area contributed by atoms with Crippen LogP contribution in [0.25, 0.3) is 0 Å². The van der Waals surface area contributed by atoms with Crippen molar-refractivity contribution in [3.63, 3.8) is 0 Å². The van der Waals surface area contributed by atoms with Crippen molar-refractivity contribution in [2.45, 2.75) is 0 Å². The highest BCUT2D eigenvalue weighted by atomic mass is 32.2. The van der Waals surface area contributed by atoms with Crippen LogP contribution in [0.1, 0.15) is 5.56 Å². The highest BCUT2D eigenvalue weighted by molar-refractivity contribution is 7.80. The summed E-state index contributed by atoms with van der Waals surface area (Å²) in [7, 11) is 0. The third-order valence-electron chi connectivity index (χ3n) is 1.32. The van der Waals surface area contributed by atoms with Crippen LogP contribution in [-0.2, 0) is 11.3 Å². The first-order chi connectivity index (χ1) is 6.15. The van der Waals surface area contributed by atoms with Crippen molar-refractivity contribution in [2.75, 3.05) is 4.72 Å². The van der Waals surface area contributed by atoms with Crippen LogP contribution in [0.4, 0.5) is 10.1 Å². The topological polar surface area (TPSA) is 76.0 Å². The molecule has 0 amide bonds. The maximum Gasteiger partial charge on any atom is 0.143 e. The minimum Gasteiger partial charge on any atom is -0.755 e. The average Bonchev–Trinajstić information content (AvgIpc) is 2.03. The van der Waals surface area contributed by atoms with E-state index in [-0.39, 0.29) is 11.3 Å². The lowest BCUT2D eigenvalue weighted by Gasteiger charge is -2.09. The molecule has 0 radical (unpaired) electrons. The zero-order valence-corrected chi connectivity index (χ0v) is 7.10. The van der Waals surface area contributed by atoms with Gasteiger partial charge in [-0.2, -0.15) is 5.26 Å². The molecular weight excluding hydrogens is 195 g/mol. The Labute approximate surface area is 76.4 Å². The van der Waals surface area contributed by atoms with Crippen molar-refractivity contribution in [3.8, 4) is 6.07 Å². The number of anilines is 1. The average molecular weight is 199 g/mol. The fourth-order valence-electron chi connectivity index (χ4n) is 0.813. The third-order valence-corrected chi connectivity index (χ3v) is 1.71. The zero-order valence-electron chi connectivity index (χ0n) is 6.28. The maximum absolute atomic E-state index is 12.8. The first-order valence-corrected chi connectivity index (χ1v) is 4.27. The molecule has 0 aliphatic rings. The van der Waals surface area contributed by atoms with Gasteiger partial charge in [0.15, 0.2) is 0 Å². The van der Waals surface area contributed by atoms with E-state index in [9.17, 15) is 13.2 Å². The fourth-order valence-corrected chi connectivity index (χ4v) is 1.16. The van der Waals surface area contributed by atoms with Gasteiger partial charge in [-0.1, -0.05) is 6.07 Å². The van der Waals surface area contributed by atoms with E-state index in [0.29, 0.717) is 0 Å². The van der Waals surface area contributed by atoms with Gasteiger partial charge in [0.2, 0.25) is 0 Å². The van der Waals surface area contributed by atoms with Gasteiger partial charge < -0.3 is 9.27 Å². The molecule has 68 valence electrons. The quantitative estimate of drug-likeness (QED) is 0.719. The van der Waals surface area contributed by atoms with Crippen molar-refractivity contribution in [3.05, 3.63) is 29.6 Å². The van der Waals surface area contributed by atoms with E-state index >= 15 is 0 Å². The van der Waals surface area contributed by atoms with Crippen LogP contribution < -0.4 is 4.72 Å². The van der Waals surface area contributed by atoms with Gasteiger partial charge in [-0.15, -0.1) is 0 Å². The van der Waals surface area contributed by atoms with E-state index in [0.717, 1.165) is 6.07 Å². The van der Waals surface area contributed by atoms with Gasteiger partial charge in [0.25, 0.3) is 0 Å². The summed E-state index contributed by atoms with van der Waals surface area (Å²) in [6, 6.07) is 5.25. The van der Waals surface area contributed by atoms with E-state index in [1.165, 1.54) is 12.1 Å². The van der Waals surface area contributed by atoms with E-state index in [1.807, 2.05) is 4.72 Å². The number of halogens is 1. The van der Waals surface area contributed by atoms with Crippen molar-refractivity contribution in [1.29, 1.82) is 5.26 Å². The van der Waals surface area contributed by atoms with Gasteiger partial charge in [-0.3, -0.25) is 4.21 Å². The minimum absolute atomic E-state index is 0.0594. The number of nitriles is 1. The number of hydrogen-bond acceptors (Lipinski definition) is 3. The molecule has 0 bridgehead atoms. The summed E-state index contributed by atoms with van der Waals surface area (Å²) >= 11 is -2.55. The molecule has 4 nitrogen and oxygen atoms in total. The molecule has 1 atom stereocenters. The lowest BCUT2D eigenvalue weighted by molar-refractivity contribution is 0.542. The Hall–Kier alpha value is -1.45. The van der Waals surface area contributed by atoms with Crippen LogP contribution >= 0.6 is 0 Å². The molecule has 0 aliphatic carbocycles. The lowest BCUT2D eigenvalue weighted by Crippen LogP contribution is -2.04. The molecule has 0 aromatic heterocycles. The molecule has 1 aromatic rings. The minimum atomic E-state index is -2.55. The van der Waals surface area contributed by atoms with Gasteiger partial charge in [-0.05, 0) is 12.1 Å². The third kappa shape index (κ3) is 2.24. The van der Waals surface area contributed by atoms with E-state index < -0.39 is 17.1 Å². The predicted octanol–water partition coefficient (Wildman–Crippen LogP) is 0.903. The summed E-state index contributed by atoms with van der Waals surface area (Å²) in [5.74, 6) is -0.752. The zero-order chi connectivity index (χ0) is 9.84. The maximum atomic E-state index is 12.8. The molecular formula is C7H4FN2O2S-.